The van der Waals surface area contributed by atoms with Gasteiger partial charge in [0.05, 0.1) is 0 Å². The smallest absolute Gasteiger partial charge is 0.244 e. The highest BCUT2D eigenvalue weighted by molar-refractivity contribution is 5.90. The van der Waals surface area contributed by atoms with Gasteiger partial charge in [-0.15, -0.1) is 0 Å². The number of carbonyl (C=O) groups excluding carboxylic acids is 1. The molecule has 4 nitrogen and oxygen atoms in total. The number of carbonyl (C=O) groups is 1. The van der Waals surface area contributed by atoms with E-state index in [1.165, 1.54) is 5.56 Å². The number of nitrogens with zero attached hydrogens (tertiary/aromatic N) is 1. The van der Waals surface area contributed by atoms with Gasteiger partial charge < -0.3 is 15.2 Å². The van der Waals surface area contributed by atoms with Crippen molar-refractivity contribution < 1.29 is 4.79 Å². The van der Waals surface area contributed by atoms with E-state index in [0.29, 0.717) is 12.6 Å². The summed E-state index contributed by atoms with van der Waals surface area (Å²) in [5.74, 6) is -0.0227. The lowest BCUT2D eigenvalue weighted by molar-refractivity contribution is -0.116. The molecule has 2 rings (SSSR count). The Morgan fingerprint density at radius 2 is 2.00 bits per heavy atom. The highest BCUT2D eigenvalue weighted by Gasteiger charge is 2.07. The van der Waals surface area contributed by atoms with Gasteiger partial charge in [-0.3, -0.25) is 4.79 Å². The summed E-state index contributed by atoms with van der Waals surface area (Å²) >= 11 is 0. The third-order valence-corrected chi connectivity index (χ3v) is 3.09. The number of nitrogens with one attached hydrogen (secondary N) is 2. The first kappa shape index (κ1) is 13.4. The average Bonchev–Trinajstić information content (AvgIpc) is 2.87. The Kier molecular flexibility index (Phi) is 4.36. The molecule has 0 radical (unpaired) electrons. The van der Waals surface area contributed by atoms with E-state index in [0.717, 1.165) is 5.69 Å². The SMILES string of the molecule is CNC(C)c1ccn(CC(=O)Nc2ccccc2)c1. The number of hydrogen-bond donors (Lipinski definition) is 2. The fourth-order valence-corrected chi connectivity index (χ4v) is 1.87. The van der Waals surface area contributed by atoms with Crippen LogP contribution in [0.15, 0.2) is 48.8 Å². The Morgan fingerprint density at radius 3 is 2.68 bits per heavy atom. The third-order valence-electron chi connectivity index (χ3n) is 3.09. The number of rotatable bonds is 5. The maximum Gasteiger partial charge on any atom is 0.244 e. The molecule has 1 amide bonds. The molecule has 4 heteroatoms. The van der Waals surface area contributed by atoms with Gasteiger partial charge >= 0.3 is 0 Å². The molecule has 2 N–H and O–H groups in total. The van der Waals surface area contributed by atoms with Crippen LogP contribution in [0.1, 0.15) is 18.5 Å². The minimum absolute atomic E-state index is 0.0227. The van der Waals surface area contributed by atoms with Crippen molar-refractivity contribution in [1.29, 1.82) is 0 Å². The van der Waals surface area contributed by atoms with E-state index < -0.39 is 0 Å². The van der Waals surface area contributed by atoms with Crippen LogP contribution < -0.4 is 10.6 Å². The van der Waals surface area contributed by atoms with Crippen molar-refractivity contribution in [1.82, 2.24) is 9.88 Å². The van der Waals surface area contributed by atoms with Crippen molar-refractivity contribution >= 4 is 11.6 Å². The molecule has 0 fully saturated rings. The highest BCUT2D eigenvalue weighted by atomic mass is 16.1. The Bertz CT molecular complexity index is 533. The molecule has 0 spiro atoms. The van der Waals surface area contributed by atoms with Crippen LogP contribution in [-0.4, -0.2) is 17.5 Å². The molecule has 1 aromatic heterocycles. The number of benzene rings is 1. The molecule has 100 valence electrons. The Morgan fingerprint density at radius 1 is 1.26 bits per heavy atom. The molecule has 0 aliphatic heterocycles. The van der Waals surface area contributed by atoms with E-state index in [1.807, 2.05) is 60.4 Å². The van der Waals surface area contributed by atoms with Crippen molar-refractivity contribution in [3.63, 3.8) is 0 Å². The summed E-state index contributed by atoms with van der Waals surface area (Å²) in [5, 5.41) is 6.04. The predicted molar refractivity (Wildman–Crippen MR) is 77.0 cm³/mol. The first-order chi connectivity index (χ1) is 9.19. The summed E-state index contributed by atoms with van der Waals surface area (Å²) in [7, 11) is 1.92. The second-order valence-corrected chi connectivity index (χ2v) is 4.54. The van der Waals surface area contributed by atoms with Gasteiger partial charge in [0.1, 0.15) is 6.54 Å². The second kappa shape index (κ2) is 6.20. The van der Waals surface area contributed by atoms with Gasteiger partial charge in [0.25, 0.3) is 0 Å². The first-order valence-electron chi connectivity index (χ1n) is 6.37. The highest BCUT2D eigenvalue weighted by Crippen LogP contribution is 2.12. The molecule has 19 heavy (non-hydrogen) atoms. The van der Waals surface area contributed by atoms with Gasteiger partial charge in [0.15, 0.2) is 0 Å². The van der Waals surface area contributed by atoms with Crippen LogP contribution in [0.4, 0.5) is 5.69 Å². The fraction of sp³-hybridized carbons (Fsp3) is 0.267. The van der Waals surface area contributed by atoms with Gasteiger partial charge in [0, 0.05) is 24.1 Å². The maximum atomic E-state index is 11.9. The molecule has 1 heterocycles. The monoisotopic (exact) mass is 257 g/mol. The molecule has 1 atom stereocenters. The standard InChI is InChI=1S/C15H19N3O/c1-12(16-2)13-8-9-18(10-13)11-15(19)17-14-6-4-3-5-7-14/h3-10,12,16H,11H2,1-2H3,(H,17,19). The largest absolute Gasteiger partial charge is 0.345 e. The van der Waals surface area contributed by atoms with Crippen LogP contribution in [0.3, 0.4) is 0 Å². The molecular formula is C15H19N3O. The zero-order valence-electron chi connectivity index (χ0n) is 11.3. The van der Waals surface area contributed by atoms with Crippen molar-refractivity contribution in [3.8, 4) is 0 Å². The molecule has 2 aromatic rings. The third kappa shape index (κ3) is 3.69. The van der Waals surface area contributed by atoms with Crippen molar-refractivity contribution in [2.24, 2.45) is 0 Å². The molecule has 0 aliphatic carbocycles. The second-order valence-electron chi connectivity index (χ2n) is 4.54. The lowest BCUT2D eigenvalue weighted by atomic mass is 10.2. The fourth-order valence-electron chi connectivity index (χ4n) is 1.87. The number of para-hydroxylation sites is 1. The number of amides is 1. The van der Waals surface area contributed by atoms with Crippen molar-refractivity contribution in [2.75, 3.05) is 12.4 Å². The lowest BCUT2D eigenvalue weighted by Crippen LogP contribution is -2.18. The van der Waals surface area contributed by atoms with Crippen LogP contribution in [0, 0.1) is 0 Å². The maximum absolute atomic E-state index is 11.9. The summed E-state index contributed by atoms with van der Waals surface area (Å²) in [4.78, 5) is 11.9. The molecular weight excluding hydrogens is 238 g/mol. The van der Waals surface area contributed by atoms with Crippen LogP contribution in [0.25, 0.3) is 0 Å². The van der Waals surface area contributed by atoms with Gasteiger partial charge in [-0.2, -0.15) is 0 Å². The Hall–Kier alpha value is -2.07. The van der Waals surface area contributed by atoms with Crippen molar-refractivity contribution in [3.05, 3.63) is 54.4 Å². The Balaban J connectivity index is 1.94. The minimum Gasteiger partial charge on any atom is -0.345 e. The van der Waals surface area contributed by atoms with E-state index in [9.17, 15) is 4.79 Å². The summed E-state index contributed by atoms with van der Waals surface area (Å²) < 4.78 is 1.89. The van der Waals surface area contributed by atoms with E-state index in [2.05, 4.69) is 17.6 Å². The number of aromatic nitrogens is 1. The Labute approximate surface area is 113 Å². The summed E-state index contributed by atoms with van der Waals surface area (Å²) in [6, 6.07) is 11.8. The van der Waals surface area contributed by atoms with Crippen LogP contribution >= 0.6 is 0 Å². The molecule has 0 saturated carbocycles. The predicted octanol–water partition coefficient (Wildman–Crippen LogP) is 2.41. The minimum atomic E-state index is -0.0227. The summed E-state index contributed by atoms with van der Waals surface area (Å²) in [6.45, 7) is 2.41. The van der Waals surface area contributed by atoms with Gasteiger partial charge in [0.2, 0.25) is 5.91 Å². The zero-order chi connectivity index (χ0) is 13.7. The molecule has 0 saturated heterocycles. The first-order valence-corrected chi connectivity index (χ1v) is 6.37. The normalized spacial score (nSPS) is 12.1. The number of hydrogen-bond acceptors (Lipinski definition) is 2. The average molecular weight is 257 g/mol. The van der Waals surface area contributed by atoms with Crippen LogP contribution in [0.2, 0.25) is 0 Å². The molecule has 0 bridgehead atoms. The zero-order valence-corrected chi connectivity index (χ0v) is 11.3. The van der Waals surface area contributed by atoms with E-state index in [1.54, 1.807) is 0 Å². The lowest BCUT2D eigenvalue weighted by Gasteiger charge is -2.08. The van der Waals surface area contributed by atoms with Crippen LogP contribution in [-0.2, 0) is 11.3 Å². The quantitative estimate of drug-likeness (QED) is 0.864. The van der Waals surface area contributed by atoms with E-state index >= 15 is 0 Å². The molecule has 1 aromatic carbocycles. The molecule has 1 unspecified atom stereocenters. The topological polar surface area (TPSA) is 46.1 Å². The van der Waals surface area contributed by atoms with E-state index in [-0.39, 0.29) is 5.91 Å². The van der Waals surface area contributed by atoms with Gasteiger partial charge in [-0.1, -0.05) is 18.2 Å². The molecule has 0 aliphatic rings. The van der Waals surface area contributed by atoms with Crippen molar-refractivity contribution in [2.45, 2.75) is 19.5 Å². The summed E-state index contributed by atoms with van der Waals surface area (Å²) in [5.41, 5.74) is 2.00. The summed E-state index contributed by atoms with van der Waals surface area (Å²) in [6.07, 6.45) is 3.92. The number of anilines is 1. The van der Waals surface area contributed by atoms with Gasteiger partial charge in [-0.05, 0) is 37.7 Å². The van der Waals surface area contributed by atoms with Gasteiger partial charge in [-0.25, -0.2) is 0 Å². The van der Waals surface area contributed by atoms with E-state index in [4.69, 9.17) is 0 Å². The van der Waals surface area contributed by atoms with Crippen LogP contribution in [0.5, 0.6) is 0 Å².